The first-order chi connectivity index (χ1) is 11.2. The Morgan fingerprint density at radius 3 is 2.96 bits per heavy atom. The number of carbonyl (C=O) groups is 1. The number of amides is 1. The number of aryl methyl sites for hydroxylation is 1. The molecule has 1 amide bonds. The number of furan rings is 1. The Bertz CT molecular complexity index is 870. The molecule has 0 aliphatic rings. The van der Waals surface area contributed by atoms with E-state index in [1.54, 1.807) is 31.4 Å². The Kier molecular flexibility index (Phi) is 4.05. The number of rotatable bonds is 4. The van der Waals surface area contributed by atoms with Crippen LogP contribution < -0.4 is 10.2 Å². The molecule has 0 saturated heterocycles. The number of aromatic nitrogens is 1. The maximum absolute atomic E-state index is 12.4. The number of hydrogen-bond donors (Lipinski definition) is 1. The van der Waals surface area contributed by atoms with Crippen LogP contribution in [-0.4, -0.2) is 24.2 Å². The van der Waals surface area contributed by atoms with E-state index in [1.165, 1.54) is 12.5 Å². The summed E-state index contributed by atoms with van der Waals surface area (Å²) in [7, 11) is 1.58. The molecule has 6 nitrogen and oxygen atoms in total. The van der Waals surface area contributed by atoms with Crippen LogP contribution in [-0.2, 0) is 0 Å². The fourth-order valence-corrected chi connectivity index (χ4v) is 2.23. The van der Waals surface area contributed by atoms with Gasteiger partial charge < -0.3 is 9.15 Å². The topological polar surface area (TPSA) is 76.7 Å². The summed E-state index contributed by atoms with van der Waals surface area (Å²) in [6, 6.07) is 10.6. The lowest BCUT2D eigenvalue weighted by molar-refractivity contribution is 0.0956. The van der Waals surface area contributed by atoms with Crippen molar-refractivity contribution in [3.63, 3.8) is 0 Å². The zero-order valence-electron chi connectivity index (χ0n) is 12.7. The van der Waals surface area contributed by atoms with Crippen LogP contribution in [0.25, 0.3) is 10.9 Å². The van der Waals surface area contributed by atoms with Crippen molar-refractivity contribution >= 4 is 23.0 Å². The molecule has 2 heterocycles. The molecular weight excluding hydrogens is 294 g/mol. The number of carbonyl (C=O) groups excluding carboxylic acids is 1. The number of nitrogens with zero attached hydrogens (tertiary/aromatic N) is 2. The van der Waals surface area contributed by atoms with E-state index < -0.39 is 0 Å². The van der Waals surface area contributed by atoms with Crippen molar-refractivity contribution < 1.29 is 13.9 Å². The van der Waals surface area contributed by atoms with Gasteiger partial charge in [0, 0.05) is 11.1 Å². The van der Waals surface area contributed by atoms with Crippen molar-refractivity contribution in [3.05, 3.63) is 59.7 Å². The fraction of sp³-hybridized carbons (Fsp3) is 0.118. The average Bonchev–Trinajstić information content (AvgIpc) is 3.07. The molecule has 0 spiro atoms. The van der Waals surface area contributed by atoms with Gasteiger partial charge in [0.05, 0.1) is 30.7 Å². The van der Waals surface area contributed by atoms with Crippen LogP contribution in [0, 0.1) is 6.92 Å². The number of hydrazone groups is 1. The Morgan fingerprint density at radius 2 is 2.22 bits per heavy atom. The summed E-state index contributed by atoms with van der Waals surface area (Å²) >= 11 is 0. The van der Waals surface area contributed by atoms with Crippen molar-refractivity contribution in [1.82, 2.24) is 10.4 Å². The smallest absolute Gasteiger partial charge is 0.272 e. The zero-order chi connectivity index (χ0) is 16.2. The summed E-state index contributed by atoms with van der Waals surface area (Å²) in [5.41, 5.74) is 4.47. The fourth-order valence-electron chi connectivity index (χ4n) is 2.23. The Hall–Kier alpha value is -3.15. The van der Waals surface area contributed by atoms with Gasteiger partial charge in [-0.2, -0.15) is 5.10 Å². The molecule has 0 aliphatic heterocycles. The maximum atomic E-state index is 12.4. The van der Waals surface area contributed by atoms with Crippen LogP contribution in [0.4, 0.5) is 0 Å². The predicted octanol–water partition coefficient (Wildman–Crippen LogP) is 2.91. The van der Waals surface area contributed by atoms with E-state index in [0.29, 0.717) is 22.5 Å². The summed E-state index contributed by atoms with van der Waals surface area (Å²) in [4.78, 5) is 16.8. The maximum Gasteiger partial charge on any atom is 0.272 e. The highest BCUT2D eigenvalue weighted by Crippen LogP contribution is 2.23. The first-order valence-electron chi connectivity index (χ1n) is 6.99. The number of nitrogens with one attached hydrogen (secondary N) is 1. The number of hydrogen-bond acceptors (Lipinski definition) is 5. The first-order valence-corrected chi connectivity index (χ1v) is 6.99. The molecule has 0 atom stereocenters. The molecule has 0 aliphatic carbocycles. The van der Waals surface area contributed by atoms with Gasteiger partial charge in [-0.15, -0.1) is 0 Å². The Labute approximate surface area is 132 Å². The van der Waals surface area contributed by atoms with Crippen LogP contribution in [0.2, 0.25) is 0 Å². The molecule has 23 heavy (non-hydrogen) atoms. The van der Waals surface area contributed by atoms with Gasteiger partial charge in [-0.3, -0.25) is 9.78 Å². The third-order valence-corrected chi connectivity index (χ3v) is 3.29. The lowest BCUT2D eigenvalue weighted by Crippen LogP contribution is -2.18. The van der Waals surface area contributed by atoms with Crippen molar-refractivity contribution in [2.75, 3.05) is 7.11 Å². The minimum absolute atomic E-state index is 0.323. The van der Waals surface area contributed by atoms with Gasteiger partial charge in [0.1, 0.15) is 11.5 Å². The van der Waals surface area contributed by atoms with Gasteiger partial charge in [-0.1, -0.05) is 0 Å². The van der Waals surface area contributed by atoms with Gasteiger partial charge in [-0.05, 0) is 43.3 Å². The lowest BCUT2D eigenvalue weighted by atomic mass is 10.1. The molecule has 0 bridgehead atoms. The summed E-state index contributed by atoms with van der Waals surface area (Å²) in [6.07, 6.45) is 2.98. The summed E-state index contributed by atoms with van der Waals surface area (Å²) in [5, 5.41) is 4.61. The molecule has 3 rings (SSSR count). The molecule has 0 saturated carbocycles. The molecule has 1 N–H and O–H groups in total. The average molecular weight is 309 g/mol. The summed E-state index contributed by atoms with van der Waals surface area (Å²) < 4.78 is 10.3. The van der Waals surface area contributed by atoms with Crippen molar-refractivity contribution in [2.45, 2.75) is 6.92 Å². The number of benzene rings is 1. The number of methoxy groups -OCH3 is 1. The van der Waals surface area contributed by atoms with Crippen LogP contribution in [0.3, 0.4) is 0 Å². The molecule has 0 fully saturated rings. The molecule has 3 aromatic rings. The van der Waals surface area contributed by atoms with E-state index in [0.717, 1.165) is 11.2 Å². The SMILES string of the molecule is COc1ccc2nc(C)cc(C(=O)NN=Cc3ccco3)c2c1. The molecular formula is C17H15N3O3. The standard InChI is InChI=1S/C17H15N3O3/c1-11-8-15(14-9-12(22-2)5-6-16(14)19-11)17(21)20-18-10-13-4-3-7-23-13/h3-10H,1-2H3,(H,20,21). The van der Waals surface area contributed by atoms with E-state index >= 15 is 0 Å². The highest BCUT2D eigenvalue weighted by molar-refractivity contribution is 6.06. The van der Waals surface area contributed by atoms with Crippen molar-refractivity contribution in [1.29, 1.82) is 0 Å². The Balaban J connectivity index is 1.92. The third-order valence-electron chi connectivity index (χ3n) is 3.29. The normalized spacial score (nSPS) is 11.0. The monoisotopic (exact) mass is 309 g/mol. The molecule has 0 unspecified atom stereocenters. The van der Waals surface area contributed by atoms with Gasteiger partial charge in [0.15, 0.2) is 0 Å². The quantitative estimate of drug-likeness (QED) is 0.594. The highest BCUT2D eigenvalue weighted by atomic mass is 16.5. The van der Waals surface area contributed by atoms with Crippen molar-refractivity contribution in [3.8, 4) is 5.75 Å². The van der Waals surface area contributed by atoms with Gasteiger partial charge in [0.25, 0.3) is 5.91 Å². The zero-order valence-corrected chi connectivity index (χ0v) is 12.7. The van der Waals surface area contributed by atoms with E-state index in [1.807, 2.05) is 19.1 Å². The van der Waals surface area contributed by atoms with E-state index in [2.05, 4.69) is 15.5 Å². The van der Waals surface area contributed by atoms with Gasteiger partial charge in [-0.25, -0.2) is 5.43 Å². The van der Waals surface area contributed by atoms with Gasteiger partial charge >= 0.3 is 0 Å². The second kappa shape index (κ2) is 6.31. The Morgan fingerprint density at radius 1 is 1.35 bits per heavy atom. The molecule has 116 valence electrons. The van der Waals surface area contributed by atoms with Crippen LogP contribution in [0.15, 0.2) is 52.2 Å². The third kappa shape index (κ3) is 3.21. The second-order valence-corrected chi connectivity index (χ2v) is 4.91. The van der Waals surface area contributed by atoms with Crippen molar-refractivity contribution in [2.24, 2.45) is 5.10 Å². The van der Waals surface area contributed by atoms with Crippen LogP contribution in [0.5, 0.6) is 5.75 Å². The molecule has 0 radical (unpaired) electrons. The summed E-state index contributed by atoms with van der Waals surface area (Å²) in [6.45, 7) is 1.84. The number of pyridine rings is 1. The lowest BCUT2D eigenvalue weighted by Gasteiger charge is -2.08. The van der Waals surface area contributed by atoms with E-state index in [9.17, 15) is 4.79 Å². The van der Waals surface area contributed by atoms with Crippen LogP contribution in [0.1, 0.15) is 21.8 Å². The largest absolute Gasteiger partial charge is 0.497 e. The molecule has 6 heteroatoms. The second-order valence-electron chi connectivity index (χ2n) is 4.91. The predicted molar refractivity (Wildman–Crippen MR) is 86.8 cm³/mol. The van der Waals surface area contributed by atoms with E-state index in [-0.39, 0.29) is 5.91 Å². The molecule has 1 aromatic carbocycles. The first kappa shape index (κ1) is 14.8. The van der Waals surface area contributed by atoms with E-state index in [4.69, 9.17) is 9.15 Å². The minimum Gasteiger partial charge on any atom is -0.497 e. The van der Waals surface area contributed by atoms with Gasteiger partial charge in [0.2, 0.25) is 0 Å². The minimum atomic E-state index is -0.323. The summed E-state index contributed by atoms with van der Waals surface area (Å²) in [5.74, 6) is 0.899. The number of ether oxygens (including phenoxy) is 1. The number of fused-ring (bicyclic) bond motifs is 1. The highest BCUT2D eigenvalue weighted by Gasteiger charge is 2.12. The van der Waals surface area contributed by atoms with Crippen LogP contribution >= 0.6 is 0 Å². The molecule has 2 aromatic heterocycles.